The molecule has 3 heterocycles. The molecule has 0 bridgehead atoms. The summed E-state index contributed by atoms with van der Waals surface area (Å²) in [7, 11) is 0. The van der Waals surface area contributed by atoms with Gasteiger partial charge >= 0.3 is 5.97 Å². The van der Waals surface area contributed by atoms with Crippen LogP contribution in [0.2, 0.25) is 0 Å². The lowest BCUT2D eigenvalue weighted by Crippen LogP contribution is -2.62. The fourth-order valence-corrected chi connectivity index (χ4v) is 11.6. The van der Waals surface area contributed by atoms with Gasteiger partial charge in [-0.1, -0.05) is 89.1 Å². The third kappa shape index (κ3) is 25.4. The topological polar surface area (TPSA) is 543 Å². The van der Waals surface area contributed by atoms with Crippen LogP contribution in [0.3, 0.4) is 0 Å². The van der Waals surface area contributed by atoms with Crippen LogP contribution in [-0.4, -0.2) is 202 Å². The van der Waals surface area contributed by atoms with Crippen LogP contribution in [0.1, 0.15) is 116 Å². The lowest BCUT2D eigenvalue weighted by Gasteiger charge is -2.30. The number of nitrogens with two attached hydrogens (primary N) is 3. The molecule has 2 aromatic heterocycles. The number of aromatic hydroxyl groups is 1. The first-order valence-corrected chi connectivity index (χ1v) is 35.5. The number of H-pyrrole nitrogens is 2. The number of esters is 1. The molecule has 1 saturated heterocycles. The Bertz CT molecular complexity index is 3900. The Labute approximate surface area is 612 Å². The average molecular weight is 1480 g/mol. The van der Waals surface area contributed by atoms with E-state index in [1.54, 1.807) is 74.8 Å². The first-order chi connectivity index (χ1) is 50.6. The number of aliphatic hydroxyl groups is 1. The number of ether oxygens (including phenoxy) is 1. The zero-order valence-electron chi connectivity index (χ0n) is 60.4. The van der Waals surface area contributed by atoms with E-state index in [2.05, 4.69) is 73.8 Å². The van der Waals surface area contributed by atoms with Crippen LogP contribution in [0.5, 0.6) is 5.75 Å². The minimum absolute atomic E-state index is 0.0304. The van der Waals surface area contributed by atoms with E-state index in [1.807, 2.05) is 13.8 Å². The van der Waals surface area contributed by atoms with Gasteiger partial charge in [-0.3, -0.25) is 62.3 Å². The highest BCUT2D eigenvalue weighted by Crippen LogP contribution is 2.23. The van der Waals surface area contributed by atoms with Gasteiger partial charge in [-0.25, -0.2) is 4.79 Å². The third-order valence-corrected chi connectivity index (χ3v) is 18.3. The summed E-state index contributed by atoms with van der Waals surface area (Å²) < 4.78 is 5.53. The van der Waals surface area contributed by atoms with Crippen LogP contribution < -0.4 is 81.0 Å². The summed E-state index contributed by atoms with van der Waals surface area (Å²) in [4.78, 5) is 201. The highest BCUT2D eigenvalue weighted by molar-refractivity contribution is 6.00. The fourth-order valence-electron chi connectivity index (χ4n) is 11.6. The summed E-state index contributed by atoms with van der Waals surface area (Å²) in [6, 6.07) is 4.88. The van der Waals surface area contributed by atoms with E-state index in [0.717, 1.165) is 6.42 Å². The van der Waals surface area contributed by atoms with E-state index < -0.39 is 181 Å². The molecular weight excluding hydrogens is 1370 g/mol. The Morgan fingerprint density at radius 2 is 1.10 bits per heavy atom. The van der Waals surface area contributed by atoms with Gasteiger partial charge in [0.2, 0.25) is 76.8 Å². The van der Waals surface area contributed by atoms with E-state index in [9.17, 15) is 77.3 Å². The maximum absolute atomic E-state index is 14.9. The summed E-state index contributed by atoms with van der Waals surface area (Å²) in [5, 5.41) is 52.1. The van der Waals surface area contributed by atoms with Gasteiger partial charge in [0.1, 0.15) is 66.2 Å². The number of nitrogens with one attached hydrogen (secondary N) is 14. The van der Waals surface area contributed by atoms with E-state index in [-0.39, 0.29) is 76.1 Å². The number of fused-ring (bicyclic) bond motifs is 2. The van der Waals surface area contributed by atoms with E-state index in [0.29, 0.717) is 51.3 Å². The molecule has 3 aromatic carbocycles. The Morgan fingerprint density at radius 3 is 1.65 bits per heavy atom. The first kappa shape index (κ1) is 83.9. The van der Waals surface area contributed by atoms with Crippen LogP contribution in [0.4, 0.5) is 0 Å². The second kappa shape index (κ2) is 41.5. The van der Waals surface area contributed by atoms with E-state index >= 15 is 0 Å². The van der Waals surface area contributed by atoms with Gasteiger partial charge < -0.3 is 106 Å². The van der Waals surface area contributed by atoms with Crippen molar-refractivity contribution in [1.82, 2.24) is 73.8 Å². The van der Waals surface area contributed by atoms with Crippen LogP contribution >= 0.6 is 0 Å². The van der Waals surface area contributed by atoms with E-state index in [1.165, 1.54) is 38.1 Å². The zero-order chi connectivity index (χ0) is 77.7. The van der Waals surface area contributed by atoms with Gasteiger partial charge in [0, 0.05) is 59.9 Å². The molecule has 0 spiro atoms. The Hall–Kier alpha value is -11.0. The van der Waals surface area contributed by atoms with Crippen molar-refractivity contribution in [2.75, 3.05) is 32.8 Å². The summed E-state index contributed by atoms with van der Waals surface area (Å²) in [5.74, 6) is -13.1. The molecule has 106 heavy (non-hydrogen) atoms. The van der Waals surface area contributed by atoms with Crippen LogP contribution in [0, 0.1) is 11.8 Å². The molecule has 34 nitrogen and oxygen atoms in total. The number of primary amides is 1. The highest BCUT2D eigenvalue weighted by atomic mass is 16.5. The fraction of sp³-hybridized carbons (Fsp3) is 0.500. The molecule has 1 aliphatic heterocycles. The molecule has 0 aliphatic carbocycles. The van der Waals surface area contributed by atoms with Gasteiger partial charge in [0.15, 0.2) is 6.04 Å². The number of phenols is 1. The summed E-state index contributed by atoms with van der Waals surface area (Å²) in [6.45, 7) is 7.62. The van der Waals surface area contributed by atoms with Crippen molar-refractivity contribution in [3.63, 3.8) is 0 Å². The van der Waals surface area contributed by atoms with Crippen molar-refractivity contribution in [1.29, 1.82) is 0 Å². The Kier molecular flexibility index (Phi) is 32.8. The molecule has 0 radical (unpaired) electrons. The number of hydrogen-bond donors (Lipinski definition) is 19. The second-order valence-electron chi connectivity index (χ2n) is 26.5. The molecule has 5 aromatic rings. The number of amides is 13. The standard InChI is InChI=1S/C72H101N17O17/c1-7-38(3)21-26-58(93)81-55(32-57(75)92)68(101)86-52(29-42-22-24-45(91)25-23-42)66(99)87-53(30-43-33-76-48-17-11-9-15-46(43)48)67(100)84-51(20-14-28-74)65(98)83-50(19-13-27-73)64(97)78-35-59(94)80-40(5)63(96)85-54(31-44-34-77-49-18-12-10-16-47(44)49)69(102)89-62-41(6)106-72(105)56(37-90)82-60(95)36-79-70(103)61(39(4)8-2)88-71(62)104/h9-12,15-18,22-25,33-34,38-41,50-56,61-62,76-77,90-91H,7-8,13-14,19-21,26-32,35-37,73-74H2,1-6H3,(H2,75,92)(H,78,97)(H,79,103)(H,80,94)(H,81,93)(H,82,95)(H,83,98)(H,84,100)(H,85,96)(H,86,101)(H,87,99)(H,88,104)(H,89,102)/t38?,39-,40+,41+,50-,51+,52+,53+,54-,55+,56-,61-,62-/m0/s1. The SMILES string of the molecule is CCC(C)CCC(=O)N[C@H](CC(N)=O)C(=O)N[C@H](Cc1ccc(O)cc1)C(=O)N[C@H](Cc1c[nH]c2ccccc12)C(=O)N[C@H](CCCN)C(=O)N[C@@H](CCCN)C(=O)NCC(=O)N[C@H](C)C(=O)N[C@@H](Cc1c[nH]c2ccccc12)C(=O)N[C@@H]1C(=O)N[C@@H]([C@@H](C)CC)C(=O)NCC(=O)N[C@@H](CO)C(=O)O[C@@H]1C. The molecule has 1 fully saturated rings. The molecular formula is C72H101N17O17. The van der Waals surface area contributed by atoms with Crippen molar-refractivity contribution in [2.24, 2.45) is 29.0 Å². The number of phenolic OH excluding ortho intramolecular Hbond substituents is 1. The number of carbonyl (C=O) groups excluding carboxylic acids is 14. The maximum atomic E-state index is 14.9. The van der Waals surface area contributed by atoms with Gasteiger partial charge in [-0.05, 0) is 112 Å². The maximum Gasteiger partial charge on any atom is 0.331 e. The predicted molar refractivity (Wildman–Crippen MR) is 388 cm³/mol. The van der Waals surface area contributed by atoms with E-state index in [4.69, 9.17) is 21.9 Å². The number of carbonyl (C=O) groups is 14. The third-order valence-electron chi connectivity index (χ3n) is 18.3. The molecule has 13 atom stereocenters. The summed E-state index contributed by atoms with van der Waals surface area (Å²) >= 11 is 0. The van der Waals surface area contributed by atoms with Crippen LogP contribution in [-0.2, 0) is 91.1 Å². The Balaban J connectivity index is 1.19. The molecule has 34 heteroatoms. The Morgan fingerprint density at radius 1 is 0.585 bits per heavy atom. The van der Waals surface area contributed by atoms with Crippen molar-refractivity contribution in [3.8, 4) is 5.75 Å². The smallest absolute Gasteiger partial charge is 0.331 e. The number of cyclic esters (lactones) is 1. The number of aromatic nitrogens is 2. The lowest BCUT2D eigenvalue weighted by atomic mass is 9.97. The number of benzene rings is 3. The number of aliphatic hydroxyl groups excluding tert-OH is 1. The molecule has 1 unspecified atom stereocenters. The monoisotopic (exact) mass is 1480 g/mol. The van der Waals surface area contributed by atoms with Crippen LogP contribution in [0.25, 0.3) is 21.8 Å². The minimum Gasteiger partial charge on any atom is -0.508 e. The number of aromatic amines is 2. The number of para-hydroxylation sites is 2. The lowest BCUT2D eigenvalue weighted by molar-refractivity contribution is -0.157. The quantitative estimate of drug-likeness (QED) is 0.0184. The molecule has 6 rings (SSSR count). The first-order valence-electron chi connectivity index (χ1n) is 35.5. The molecule has 1 aliphatic rings. The molecule has 13 amide bonds. The minimum atomic E-state index is -1.77. The zero-order valence-corrected chi connectivity index (χ0v) is 60.4. The van der Waals surface area contributed by atoms with Gasteiger partial charge in [-0.15, -0.1) is 0 Å². The predicted octanol–water partition coefficient (Wildman–Crippen LogP) is -2.35. The normalized spacial score (nSPS) is 18.2. The molecule has 0 saturated carbocycles. The van der Waals surface area contributed by atoms with Crippen molar-refractivity contribution in [3.05, 3.63) is 102 Å². The van der Waals surface area contributed by atoms with Gasteiger partial charge in [0.05, 0.1) is 26.1 Å². The molecule has 576 valence electrons. The summed E-state index contributed by atoms with van der Waals surface area (Å²) in [6.07, 6.45) is 2.21. The van der Waals surface area contributed by atoms with Gasteiger partial charge in [0.25, 0.3) is 0 Å². The average Bonchev–Trinajstić information content (AvgIpc) is 1.65. The van der Waals surface area contributed by atoms with Crippen molar-refractivity contribution in [2.45, 2.75) is 185 Å². The largest absolute Gasteiger partial charge is 0.508 e. The number of rotatable bonds is 38. The van der Waals surface area contributed by atoms with Crippen molar-refractivity contribution >= 4 is 105 Å². The highest BCUT2D eigenvalue weighted by Gasteiger charge is 2.40. The summed E-state index contributed by atoms with van der Waals surface area (Å²) in [5.41, 5.74) is 20.2. The van der Waals surface area contributed by atoms with Gasteiger partial charge in [-0.2, -0.15) is 0 Å². The number of hydrogen-bond acceptors (Lipinski definition) is 19. The second-order valence-corrected chi connectivity index (χ2v) is 26.5. The van der Waals surface area contributed by atoms with Crippen molar-refractivity contribution < 1.29 is 82.1 Å². The molecule has 22 N–H and O–H groups in total. The van der Waals surface area contributed by atoms with Crippen LogP contribution in [0.15, 0.2) is 85.2 Å².